The summed E-state index contributed by atoms with van der Waals surface area (Å²) in [6.45, 7) is 0. The van der Waals surface area contributed by atoms with Gasteiger partial charge >= 0.3 is 0 Å². The lowest BCUT2D eigenvalue weighted by atomic mass is 9.97. The topological polar surface area (TPSA) is 52.5 Å². The van der Waals surface area contributed by atoms with Crippen LogP contribution in [-0.4, -0.2) is 12.6 Å². The number of rotatable bonds is 6. The third kappa shape index (κ3) is 4.48. The normalized spacial score (nSPS) is 11.3. The summed E-state index contributed by atoms with van der Waals surface area (Å²) in [5.74, 6) is 0. The van der Waals surface area contributed by atoms with Crippen molar-refractivity contribution < 1.29 is 0 Å². The monoisotopic (exact) mass is 627 g/mol. The molecule has 4 heteroatoms. The van der Waals surface area contributed by atoms with Gasteiger partial charge in [-0.05, 0) is 56.6 Å². The number of nitriles is 2. The zero-order valence-electron chi connectivity index (χ0n) is 26.1. The van der Waals surface area contributed by atoms with Crippen molar-refractivity contribution in [1.82, 2.24) is 4.57 Å². The predicted octanol–water partition coefficient (Wildman–Crippen LogP) is 7.57. The molecule has 8 rings (SSSR count). The molecule has 0 atom stereocenters. The van der Waals surface area contributed by atoms with Crippen LogP contribution in [0.4, 0.5) is 0 Å². The highest BCUT2D eigenvalue weighted by molar-refractivity contribution is 7.20. The maximum atomic E-state index is 10.7. The van der Waals surface area contributed by atoms with E-state index < -0.39 is 8.07 Å². The highest BCUT2D eigenvalue weighted by Crippen LogP contribution is 2.37. The van der Waals surface area contributed by atoms with Gasteiger partial charge in [0.1, 0.15) is 0 Å². The van der Waals surface area contributed by atoms with Crippen molar-refractivity contribution in [3.8, 4) is 29.0 Å². The fourth-order valence-corrected chi connectivity index (χ4v) is 12.4. The maximum absolute atomic E-state index is 10.7. The van der Waals surface area contributed by atoms with Crippen LogP contribution < -0.4 is 20.7 Å². The van der Waals surface area contributed by atoms with Crippen LogP contribution in [0.1, 0.15) is 11.1 Å². The number of para-hydroxylation sites is 2. The minimum Gasteiger partial charge on any atom is -0.309 e. The number of benzene rings is 7. The van der Waals surface area contributed by atoms with Gasteiger partial charge < -0.3 is 4.57 Å². The minimum absolute atomic E-state index is 0.580. The van der Waals surface area contributed by atoms with Crippen LogP contribution in [0.5, 0.6) is 0 Å². The lowest BCUT2D eigenvalue weighted by Gasteiger charge is -2.35. The molecule has 0 radical (unpaired) electrons. The fourth-order valence-electron chi connectivity index (χ4n) is 7.44. The predicted molar refractivity (Wildman–Crippen MR) is 199 cm³/mol. The lowest BCUT2D eigenvalue weighted by molar-refractivity contribution is 1.18. The van der Waals surface area contributed by atoms with E-state index in [-0.39, 0.29) is 0 Å². The molecule has 0 fully saturated rings. The number of nitrogens with zero attached hydrogens (tertiary/aromatic N) is 3. The standard InChI is InChI=1S/C44H29N3Si/c45-30-33-28-27-32(29-43(33)48(35-16-4-1-5-17-35,36-18-6-2-7-19-36)37-20-8-3-9-21-37)44-34(31-46)15-14-26-42(44)47-40-24-12-10-22-38(40)39-23-11-13-25-41(39)47/h1-29H. The number of hydrogen-bond donors (Lipinski definition) is 0. The molecule has 224 valence electrons. The second-order valence-corrected chi connectivity index (χ2v) is 15.7. The lowest BCUT2D eigenvalue weighted by Crippen LogP contribution is -2.75. The summed E-state index contributed by atoms with van der Waals surface area (Å²) in [5.41, 5.74) is 6.03. The SMILES string of the molecule is N#Cc1ccc(-c2c(C#N)cccc2-n2c3ccccc3c3ccccc32)cc1[Si](c1ccccc1)(c1ccccc1)c1ccccc1. The van der Waals surface area contributed by atoms with E-state index in [0.717, 1.165) is 43.8 Å². The largest absolute Gasteiger partial charge is 0.309 e. The van der Waals surface area contributed by atoms with E-state index in [4.69, 9.17) is 0 Å². The smallest absolute Gasteiger partial charge is 0.180 e. The molecule has 1 aromatic heterocycles. The van der Waals surface area contributed by atoms with E-state index in [0.29, 0.717) is 11.1 Å². The average Bonchev–Trinajstić information content (AvgIpc) is 3.50. The Kier molecular flexibility index (Phi) is 7.27. The second kappa shape index (κ2) is 12.0. The first-order valence-electron chi connectivity index (χ1n) is 16.0. The average molecular weight is 628 g/mol. The molecule has 0 aliphatic rings. The van der Waals surface area contributed by atoms with Crippen LogP contribution >= 0.6 is 0 Å². The summed E-state index contributed by atoms with van der Waals surface area (Å²) in [6.07, 6.45) is 0. The van der Waals surface area contributed by atoms with Gasteiger partial charge in [0.05, 0.1) is 40.0 Å². The summed E-state index contributed by atoms with van der Waals surface area (Å²) < 4.78 is 2.27. The van der Waals surface area contributed by atoms with Crippen molar-refractivity contribution in [2.75, 3.05) is 0 Å². The first-order valence-corrected chi connectivity index (χ1v) is 18.0. The maximum Gasteiger partial charge on any atom is 0.180 e. The van der Waals surface area contributed by atoms with Gasteiger partial charge in [0.25, 0.3) is 0 Å². The van der Waals surface area contributed by atoms with Crippen LogP contribution in [-0.2, 0) is 0 Å². The zero-order valence-corrected chi connectivity index (χ0v) is 27.1. The summed E-state index contributed by atoms with van der Waals surface area (Å²) >= 11 is 0. The number of hydrogen-bond acceptors (Lipinski definition) is 2. The molecule has 0 bridgehead atoms. The highest BCUT2D eigenvalue weighted by atomic mass is 28.3. The Morgan fingerprint density at radius 3 is 1.42 bits per heavy atom. The Morgan fingerprint density at radius 2 is 0.917 bits per heavy atom. The molecule has 7 aromatic carbocycles. The molecule has 0 N–H and O–H groups in total. The Labute approximate surface area is 280 Å². The number of fused-ring (bicyclic) bond motifs is 3. The molecule has 0 unspecified atom stereocenters. The van der Waals surface area contributed by atoms with E-state index in [1.54, 1.807) is 0 Å². The van der Waals surface area contributed by atoms with E-state index in [9.17, 15) is 10.5 Å². The first kappa shape index (κ1) is 29.0. The Hall–Kier alpha value is -6.46. The number of aromatic nitrogens is 1. The molecule has 0 aliphatic heterocycles. The Morgan fingerprint density at radius 1 is 0.438 bits per heavy atom. The van der Waals surface area contributed by atoms with Crippen LogP contribution in [0.15, 0.2) is 176 Å². The van der Waals surface area contributed by atoms with Gasteiger partial charge in [-0.15, -0.1) is 0 Å². The summed E-state index contributed by atoms with van der Waals surface area (Å²) in [5, 5.41) is 28.2. The third-order valence-corrected chi connectivity index (χ3v) is 14.3. The van der Waals surface area contributed by atoms with Crippen molar-refractivity contribution >= 4 is 50.6 Å². The van der Waals surface area contributed by atoms with E-state index >= 15 is 0 Å². The quantitative estimate of drug-likeness (QED) is 0.141. The van der Waals surface area contributed by atoms with Crippen LogP contribution in [0.25, 0.3) is 38.6 Å². The van der Waals surface area contributed by atoms with Crippen molar-refractivity contribution in [2.24, 2.45) is 0 Å². The van der Waals surface area contributed by atoms with Gasteiger partial charge in [-0.2, -0.15) is 10.5 Å². The zero-order chi connectivity index (χ0) is 32.5. The van der Waals surface area contributed by atoms with Crippen molar-refractivity contribution in [3.63, 3.8) is 0 Å². The Balaban J connectivity index is 1.50. The van der Waals surface area contributed by atoms with Gasteiger partial charge in [0.2, 0.25) is 0 Å². The molecule has 0 saturated carbocycles. The minimum atomic E-state index is -3.04. The third-order valence-electron chi connectivity index (χ3n) is 9.44. The van der Waals surface area contributed by atoms with Crippen molar-refractivity contribution in [1.29, 1.82) is 10.5 Å². The van der Waals surface area contributed by atoms with Crippen LogP contribution in [0.2, 0.25) is 0 Å². The molecule has 0 saturated heterocycles. The fraction of sp³-hybridized carbons (Fsp3) is 0. The molecule has 8 aromatic rings. The molecule has 48 heavy (non-hydrogen) atoms. The van der Waals surface area contributed by atoms with E-state index in [1.165, 1.54) is 15.6 Å². The van der Waals surface area contributed by atoms with E-state index in [1.807, 2.05) is 42.5 Å². The van der Waals surface area contributed by atoms with Gasteiger partial charge in [-0.25, -0.2) is 0 Å². The molecule has 0 aliphatic carbocycles. The molecule has 3 nitrogen and oxygen atoms in total. The van der Waals surface area contributed by atoms with Gasteiger partial charge in [0.15, 0.2) is 8.07 Å². The molecule has 0 spiro atoms. The van der Waals surface area contributed by atoms with Crippen molar-refractivity contribution in [3.05, 3.63) is 187 Å². The molecular weight excluding hydrogens is 599 g/mol. The molecular formula is C44H29N3Si. The van der Waals surface area contributed by atoms with Crippen molar-refractivity contribution in [2.45, 2.75) is 0 Å². The van der Waals surface area contributed by atoms with Crippen LogP contribution in [0, 0.1) is 22.7 Å². The first-order chi connectivity index (χ1) is 23.8. The second-order valence-electron chi connectivity index (χ2n) is 11.9. The van der Waals surface area contributed by atoms with Crippen LogP contribution in [0.3, 0.4) is 0 Å². The summed E-state index contributed by atoms with van der Waals surface area (Å²) in [4.78, 5) is 0. The van der Waals surface area contributed by atoms with E-state index in [2.05, 4.69) is 150 Å². The van der Waals surface area contributed by atoms with Gasteiger partial charge in [-0.3, -0.25) is 0 Å². The highest BCUT2D eigenvalue weighted by Gasteiger charge is 2.43. The summed E-state index contributed by atoms with van der Waals surface area (Å²) in [6, 6.07) is 65.9. The summed E-state index contributed by atoms with van der Waals surface area (Å²) in [7, 11) is -3.04. The molecule has 1 heterocycles. The Bertz CT molecular complexity index is 2370. The van der Waals surface area contributed by atoms with Gasteiger partial charge in [0, 0.05) is 16.3 Å². The van der Waals surface area contributed by atoms with Gasteiger partial charge in [-0.1, -0.05) is 146 Å². The molecule has 0 amide bonds.